The molecule has 2 rings (SSSR count). The summed E-state index contributed by atoms with van der Waals surface area (Å²) in [7, 11) is 0. The summed E-state index contributed by atoms with van der Waals surface area (Å²) >= 11 is -0.251. The molecule has 0 aliphatic carbocycles. The van der Waals surface area contributed by atoms with Crippen molar-refractivity contribution in [3.05, 3.63) is 32.9 Å². The van der Waals surface area contributed by atoms with Crippen molar-refractivity contribution < 1.29 is 29.4 Å². The summed E-state index contributed by atoms with van der Waals surface area (Å²) in [5.41, 5.74) is -4.73. The molecule has 1 nitrogen and oxygen atoms in total. The number of hydrogen-bond acceptors (Lipinski definition) is 1. The fourth-order valence-corrected chi connectivity index (χ4v) is 7.77. The molecular formula is C10H6BrF6IO. The van der Waals surface area contributed by atoms with Gasteiger partial charge in [-0.25, -0.2) is 0 Å². The molecular weight excluding hydrogens is 455 g/mol. The van der Waals surface area contributed by atoms with E-state index < -0.39 is 41.5 Å². The van der Waals surface area contributed by atoms with Crippen molar-refractivity contribution in [2.45, 2.75) is 24.9 Å². The van der Waals surface area contributed by atoms with Crippen LogP contribution >= 0.6 is 30.7 Å². The number of benzene rings is 1. The van der Waals surface area contributed by atoms with E-state index in [0.717, 1.165) is 6.07 Å². The van der Waals surface area contributed by atoms with Crippen LogP contribution in [0.2, 0.25) is 0 Å². The van der Waals surface area contributed by atoms with Gasteiger partial charge in [0.1, 0.15) is 0 Å². The molecule has 0 radical (unpaired) electrons. The summed E-state index contributed by atoms with van der Waals surface area (Å²) in [5, 5.41) is 0. The second-order valence-electron chi connectivity index (χ2n) is 3.94. The van der Waals surface area contributed by atoms with Gasteiger partial charge in [0.25, 0.3) is 0 Å². The first kappa shape index (κ1) is 15.4. The zero-order valence-electron chi connectivity index (χ0n) is 9.16. The number of alkyl halides is 6. The van der Waals surface area contributed by atoms with E-state index in [9.17, 15) is 26.3 Å². The van der Waals surface area contributed by atoms with Crippen molar-refractivity contribution in [3.8, 4) is 0 Å². The maximum absolute atomic E-state index is 13.1. The number of halogens is 8. The van der Waals surface area contributed by atoms with Crippen LogP contribution in [0, 0.1) is 10.5 Å². The topological polar surface area (TPSA) is 9.23 Å². The normalized spacial score (nSPS) is 20.5. The van der Waals surface area contributed by atoms with Crippen LogP contribution in [-0.2, 0) is 8.67 Å². The van der Waals surface area contributed by atoms with Gasteiger partial charge < -0.3 is 0 Å². The van der Waals surface area contributed by atoms with E-state index in [0.29, 0.717) is 5.56 Å². The van der Waals surface area contributed by atoms with Crippen LogP contribution in [0.25, 0.3) is 0 Å². The van der Waals surface area contributed by atoms with Crippen molar-refractivity contribution in [2.24, 2.45) is 0 Å². The van der Waals surface area contributed by atoms with E-state index >= 15 is 0 Å². The Kier molecular flexibility index (Phi) is 3.63. The molecule has 0 fully saturated rings. The molecule has 0 spiro atoms. The Labute approximate surface area is 118 Å². The third-order valence-electron chi connectivity index (χ3n) is 2.64. The Bertz CT molecular complexity index is 498. The molecule has 1 heterocycles. The standard InChI is InChI=1S/C10H6BrF6IO/c1-5-2-3-7-6(4-5)8(9(12,13)14,10(15,16)17)19-18(7)11/h2-4H,1H3/i18-2. The molecule has 1 aliphatic heterocycles. The Morgan fingerprint density at radius 3 is 2.11 bits per heavy atom. The number of aryl methyl sites for hydroxylation is 1. The molecule has 0 amide bonds. The SMILES string of the molecule is Cc1ccc2c(c1)C(C(F)(F)F)(C(F)(F)F)O[125I]2Br. The summed E-state index contributed by atoms with van der Waals surface area (Å²) in [5.74, 6) is 0. The number of hydrogen-bond donors (Lipinski definition) is 0. The molecule has 0 N–H and O–H groups in total. The first-order chi connectivity index (χ1) is 8.50. The van der Waals surface area contributed by atoms with Gasteiger partial charge in [0.05, 0.1) is 0 Å². The Morgan fingerprint density at radius 2 is 1.63 bits per heavy atom. The first-order valence-corrected chi connectivity index (χ1v) is 11.6. The molecule has 9 heteroatoms. The van der Waals surface area contributed by atoms with Gasteiger partial charge in [-0.15, -0.1) is 0 Å². The minimum atomic E-state index is -5.56. The number of rotatable bonds is 0. The molecule has 0 aromatic heterocycles. The van der Waals surface area contributed by atoms with Gasteiger partial charge in [-0.05, 0) is 0 Å². The van der Waals surface area contributed by atoms with Crippen LogP contribution in [0.4, 0.5) is 26.3 Å². The van der Waals surface area contributed by atoms with E-state index in [2.05, 4.69) is 15.8 Å². The molecule has 0 atom stereocenters. The van der Waals surface area contributed by atoms with Gasteiger partial charge in [-0.1, -0.05) is 0 Å². The van der Waals surface area contributed by atoms with Crippen molar-refractivity contribution in [1.82, 2.24) is 0 Å². The van der Waals surface area contributed by atoms with Gasteiger partial charge in [-0.3, -0.25) is 0 Å². The third kappa shape index (κ3) is 2.17. The van der Waals surface area contributed by atoms with E-state index in [1.54, 1.807) is 0 Å². The summed E-state index contributed by atoms with van der Waals surface area (Å²) < 4.78 is 82.7. The first-order valence-electron chi connectivity index (χ1n) is 4.81. The summed E-state index contributed by atoms with van der Waals surface area (Å²) in [6, 6.07) is 3.63. The predicted molar refractivity (Wildman–Crippen MR) is 67.7 cm³/mol. The van der Waals surface area contributed by atoms with Crippen LogP contribution in [0.3, 0.4) is 0 Å². The molecule has 19 heavy (non-hydrogen) atoms. The second-order valence-corrected chi connectivity index (χ2v) is 10.4. The quantitative estimate of drug-likeness (QED) is 0.380. The molecule has 1 aromatic rings. The fraction of sp³-hybridized carbons (Fsp3) is 0.400. The summed E-state index contributed by atoms with van der Waals surface area (Å²) in [6.45, 7) is 1.43. The molecule has 0 unspecified atom stereocenters. The molecule has 0 bridgehead atoms. The van der Waals surface area contributed by atoms with Crippen molar-refractivity contribution in [3.63, 3.8) is 0 Å². The van der Waals surface area contributed by atoms with Crippen molar-refractivity contribution in [1.29, 1.82) is 0 Å². The molecule has 1 aliphatic rings. The van der Waals surface area contributed by atoms with Gasteiger partial charge >= 0.3 is 118 Å². The average molecular weight is 461 g/mol. The van der Waals surface area contributed by atoms with Crippen LogP contribution in [0.1, 0.15) is 11.1 Å². The van der Waals surface area contributed by atoms with Crippen LogP contribution in [-0.4, -0.2) is 12.4 Å². The van der Waals surface area contributed by atoms with Gasteiger partial charge in [0.2, 0.25) is 0 Å². The Hall–Kier alpha value is -0.0300. The van der Waals surface area contributed by atoms with Crippen molar-refractivity contribution >= 4 is 30.7 Å². The average Bonchev–Trinajstić information content (AvgIpc) is 2.51. The van der Waals surface area contributed by atoms with E-state index in [1.165, 1.54) is 19.1 Å². The van der Waals surface area contributed by atoms with Crippen LogP contribution in [0.15, 0.2) is 18.2 Å². The van der Waals surface area contributed by atoms with Crippen LogP contribution < -0.4 is 0 Å². The molecule has 1 aromatic carbocycles. The summed E-state index contributed by atoms with van der Waals surface area (Å²) in [6.07, 6.45) is -11.1. The van der Waals surface area contributed by atoms with Gasteiger partial charge in [0, 0.05) is 0 Å². The van der Waals surface area contributed by atoms with E-state index in [-0.39, 0.29) is 3.57 Å². The molecule has 0 saturated carbocycles. The zero-order valence-corrected chi connectivity index (χ0v) is 12.9. The van der Waals surface area contributed by atoms with Gasteiger partial charge in [0.15, 0.2) is 0 Å². The minimum absolute atomic E-state index is 0.00977. The Balaban J connectivity index is 2.78. The van der Waals surface area contributed by atoms with Crippen LogP contribution in [0.5, 0.6) is 0 Å². The fourth-order valence-electron chi connectivity index (χ4n) is 1.78. The number of fused-ring (bicyclic) bond motifs is 1. The maximum atomic E-state index is 13.1. The van der Waals surface area contributed by atoms with Gasteiger partial charge in [-0.2, -0.15) is 0 Å². The summed E-state index contributed by atoms with van der Waals surface area (Å²) in [4.78, 5) is 0. The second kappa shape index (κ2) is 4.48. The van der Waals surface area contributed by atoms with Crippen molar-refractivity contribution in [2.75, 3.05) is 0 Å². The van der Waals surface area contributed by atoms with E-state index in [1.807, 2.05) is 0 Å². The third-order valence-corrected chi connectivity index (χ3v) is 8.53. The molecule has 0 saturated heterocycles. The Morgan fingerprint density at radius 1 is 1.11 bits per heavy atom. The predicted octanol–water partition coefficient (Wildman–Crippen LogP) is 5.25. The van der Waals surface area contributed by atoms with E-state index in [4.69, 9.17) is 0 Å². The monoisotopic (exact) mass is 460 g/mol. The zero-order chi connectivity index (χ0) is 14.6. The molecule has 108 valence electrons.